The number of ether oxygens (including phenoxy) is 1. The fourth-order valence-electron chi connectivity index (χ4n) is 2.70. The van der Waals surface area contributed by atoms with Crippen LogP contribution in [0.4, 0.5) is 0 Å². The number of hydrogen-bond donors (Lipinski definition) is 0. The Kier molecular flexibility index (Phi) is 5.64. The van der Waals surface area contributed by atoms with Crippen LogP contribution >= 0.6 is 0 Å². The van der Waals surface area contributed by atoms with E-state index in [1.54, 1.807) is 4.90 Å². The smallest absolute Gasteiger partial charge is 0.226 e. The average Bonchev–Trinajstić information content (AvgIpc) is 2.45. The predicted molar refractivity (Wildman–Crippen MR) is 89.0 cm³/mol. The summed E-state index contributed by atoms with van der Waals surface area (Å²) < 4.78 is 30.0. The molecule has 1 amide bonds. The number of benzene rings is 1. The summed E-state index contributed by atoms with van der Waals surface area (Å²) in [7, 11) is -3.17. The van der Waals surface area contributed by atoms with Crippen LogP contribution in [0.15, 0.2) is 18.2 Å². The molecule has 0 bridgehead atoms. The second-order valence-corrected chi connectivity index (χ2v) is 7.95. The standard InChI is InChI=1S/C16H24N2O4S/c1-13-10-14(2)12-15(11-13)22-9-4-16(19)17-5-7-18(8-6-17)23(3,20)21/h10-12H,4-9H2,1-3H3. The van der Waals surface area contributed by atoms with Crippen molar-refractivity contribution in [2.45, 2.75) is 20.3 Å². The summed E-state index contributed by atoms with van der Waals surface area (Å²) in [6, 6.07) is 5.96. The minimum absolute atomic E-state index is 0.00234. The lowest BCUT2D eigenvalue weighted by Crippen LogP contribution is -2.50. The molecular formula is C16H24N2O4S. The highest BCUT2D eigenvalue weighted by Gasteiger charge is 2.25. The van der Waals surface area contributed by atoms with Gasteiger partial charge in [-0.1, -0.05) is 6.07 Å². The molecule has 0 saturated carbocycles. The maximum absolute atomic E-state index is 12.2. The van der Waals surface area contributed by atoms with E-state index in [-0.39, 0.29) is 5.91 Å². The lowest BCUT2D eigenvalue weighted by atomic mass is 10.1. The molecule has 0 aromatic heterocycles. The summed E-state index contributed by atoms with van der Waals surface area (Å²) in [5, 5.41) is 0. The van der Waals surface area contributed by atoms with E-state index in [0.29, 0.717) is 39.2 Å². The van der Waals surface area contributed by atoms with E-state index < -0.39 is 10.0 Å². The molecule has 23 heavy (non-hydrogen) atoms. The van der Waals surface area contributed by atoms with Crippen molar-refractivity contribution in [2.75, 3.05) is 39.0 Å². The molecule has 6 nitrogen and oxygen atoms in total. The largest absolute Gasteiger partial charge is 0.493 e. The summed E-state index contributed by atoms with van der Waals surface area (Å²) in [4.78, 5) is 13.9. The fraction of sp³-hybridized carbons (Fsp3) is 0.562. The van der Waals surface area contributed by atoms with Gasteiger partial charge in [-0.25, -0.2) is 8.42 Å². The number of carbonyl (C=O) groups is 1. The summed E-state index contributed by atoms with van der Waals surface area (Å²) in [5.74, 6) is 0.778. The van der Waals surface area contributed by atoms with E-state index in [0.717, 1.165) is 16.9 Å². The van der Waals surface area contributed by atoms with Gasteiger partial charge in [-0.2, -0.15) is 4.31 Å². The molecule has 1 fully saturated rings. The topological polar surface area (TPSA) is 66.9 Å². The Morgan fingerprint density at radius 2 is 1.65 bits per heavy atom. The van der Waals surface area contributed by atoms with Gasteiger partial charge in [-0.15, -0.1) is 0 Å². The van der Waals surface area contributed by atoms with Gasteiger partial charge in [0.15, 0.2) is 0 Å². The van der Waals surface area contributed by atoms with Crippen molar-refractivity contribution in [3.8, 4) is 5.75 Å². The molecule has 2 rings (SSSR count). The molecule has 1 heterocycles. The number of nitrogens with zero attached hydrogens (tertiary/aromatic N) is 2. The van der Waals surface area contributed by atoms with Gasteiger partial charge in [0.1, 0.15) is 5.75 Å². The SMILES string of the molecule is Cc1cc(C)cc(OCCC(=O)N2CCN(S(C)(=O)=O)CC2)c1. The van der Waals surface area contributed by atoms with Crippen molar-refractivity contribution >= 4 is 15.9 Å². The zero-order valence-electron chi connectivity index (χ0n) is 13.9. The van der Waals surface area contributed by atoms with Gasteiger partial charge in [0.05, 0.1) is 19.3 Å². The Morgan fingerprint density at radius 1 is 1.09 bits per heavy atom. The van der Waals surface area contributed by atoms with E-state index >= 15 is 0 Å². The second kappa shape index (κ2) is 7.31. The Balaban J connectivity index is 1.77. The predicted octanol–water partition coefficient (Wildman–Crippen LogP) is 1.18. The van der Waals surface area contributed by atoms with Gasteiger partial charge in [0, 0.05) is 26.2 Å². The van der Waals surface area contributed by atoms with Gasteiger partial charge in [-0.3, -0.25) is 4.79 Å². The third-order valence-corrected chi connectivity index (χ3v) is 5.14. The molecule has 1 aliphatic rings. The lowest BCUT2D eigenvalue weighted by Gasteiger charge is -2.33. The van der Waals surface area contributed by atoms with E-state index in [1.807, 2.05) is 26.0 Å². The molecule has 7 heteroatoms. The van der Waals surface area contributed by atoms with Crippen molar-refractivity contribution < 1.29 is 17.9 Å². The Bertz CT molecular complexity index is 644. The molecule has 0 unspecified atom stereocenters. The van der Waals surface area contributed by atoms with Crippen LogP contribution in [-0.2, 0) is 14.8 Å². The molecule has 0 N–H and O–H groups in total. The Hall–Kier alpha value is -1.60. The minimum Gasteiger partial charge on any atom is -0.493 e. The van der Waals surface area contributed by atoms with Crippen molar-refractivity contribution in [1.29, 1.82) is 0 Å². The van der Waals surface area contributed by atoms with Crippen LogP contribution < -0.4 is 4.74 Å². The van der Waals surface area contributed by atoms with Gasteiger partial charge in [0.25, 0.3) is 0 Å². The first kappa shape index (κ1) is 17.7. The second-order valence-electron chi connectivity index (χ2n) is 5.96. The minimum atomic E-state index is -3.17. The van der Waals surface area contributed by atoms with Gasteiger partial charge >= 0.3 is 0 Å². The summed E-state index contributed by atoms with van der Waals surface area (Å²) >= 11 is 0. The highest BCUT2D eigenvalue weighted by Crippen LogP contribution is 2.16. The van der Waals surface area contributed by atoms with E-state index in [2.05, 4.69) is 6.07 Å². The number of carbonyl (C=O) groups excluding carboxylic acids is 1. The molecule has 0 spiro atoms. The third-order valence-electron chi connectivity index (χ3n) is 3.84. The molecule has 1 aromatic carbocycles. The zero-order valence-corrected chi connectivity index (χ0v) is 14.7. The van der Waals surface area contributed by atoms with E-state index in [1.165, 1.54) is 10.6 Å². The van der Waals surface area contributed by atoms with Gasteiger partial charge < -0.3 is 9.64 Å². The lowest BCUT2D eigenvalue weighted by molar-refractivity contribution is -0.132. The van der Waals surface area contributed by atoms with Crippen molar-refractivity contribution in [3.63, 3.8) is 0 Å². The quantitative estimate of drug-likeness (QED) is 0.807. The number of amides is 1. The maximum atomic E-state index is 12.2. The monoisotopic (exact) mass is 340 g/mol. The Labute approximate surface area is 138 Å². The highest BCUT2D eigenvalue weighted by atomic mass is 32.2. The maximum Gasteiger partial charge on any atom is 0.226 e. The van der Waals surface area contributed by atoms with Crippen LogP contribution in [0.25, 0.3) is 0 Å². The molecule has 1 aromatic rings. The van der Waals surface area contributed by atoms with E-state index in [4.69, 9.17) is 4.74 Å². The number of aryl methyl sites for hydroxylation is 2. The molecule has 128 valence electrons. The first-order chi connectivity index (χ1) is 10.8. The number of rotatable bonds is 5. The molecular weight excluding hydrogens is 316 g/mol. The number of hydrogen-bond acceptors (Lipinski definition) is 4. The van der Waals surface area contributed by atoms with Crippen molar-refractivity contribution in [1.82, 2.24) is 9.21 Å². The average molecular weight is 340 g/mol. The molecule has 0 radical (unpaired) electrons. The molecule has 0 atom stereocenters. The van der Waals surface area contributed by atoms with Crippen LogP contribution in [0.2, 0.25) is 0 Å². The van der Waals surface area contributed by atoms with Crippen molar-refractivity contribution in [2.24, 2.45) is 0 Å². The molecule has 1 aliphatic heterocycles. The van der Waals surface area contributed by atoms with Crippen molar-refractivity contribution in [3.05, 3.63) is 29.3 Å². The normalized spacial score (nSPS) is 16.4. The van der Waals surface area contributed by atoms with Crippen LogP contribution in [0, 0.1) is 13.8 Å². The molecule has 1 saturated heterocycles. The Morgan fingerprint density at radius 3 is 2.17 bits per heavy atom. The number of piperazine rings is 1. The van der Waals surface area contributed by atoms with Gasteiger partial charge in [0.2, 0.25) is 15.9 Å². The van der Waals surface area contributed by atoms with Gasteiger partial charge in [-0.05, 0) is 37.1 Å². The number of sulfonamides is 1. The van der Waals surface area contributed by atoms with Crippen LogP contribution in [0.1, 0.15) is 17.5 Å². The zero-order chi connectivity index (χ0) is 17.0. The molecule has 0 aliphatic carbocycles. The van der Waals surface area contributed by atoms with Crippen LogP contribution in [0.3, 0.4) is 0 Å². The highest BCUT2D eigenvalue weighted by molar-refractivity contribution is 7.88. The summed E-state index contributed by atoms with van der Waals surface area (Å²) in [5.41, 5.74) is 2.26. The fourth-order valence-corrected chi connectivity index (χ4v) is 3.53. The third kappa shape index (κ3) is 5.21. The first-order valence-corrected chi connectivity index (χ1v) is 9.54. The summed E-state index contributed by atoms with van der Waals surface area (Å²) in [6.45, 7) is 5.95. The van der Waals surface area contributed by atoms with E-state index in [9.17, 15) is 13.2 Å². The summed E-state index contributed by atoms with van der Waals surface area (Å²) in [6.07, 6.45) is 1.49. The van der Waals surface area contributed by atoms with Crippen LogP contribution in [0.5, 0.6) is 5.75 Å². The van der Waals surface area contributed by atoms with Crippen LogP contribution in [-0.4, -0.2) is 62.6 Å². The first-order valence-electron chi connectivity index (χ1n) is 7.70.